The van der Waals surface area contributed by atoms with E-state index in [9.17, 15) is 0 Å². The van der Waals surface area contributed by atoms with Gasteiger partial charge < -0.3 is 10.3 Å². The molecule has 0 saturated heterocycles. The zero-order valence-electron chi connectivity index (χ0n) is 13.7. The van der Waals surface area contributed by atoms with Gasteiger partial charge in [0.2, 0.25) is 0 Å². The van der Waals surface area contributed by atoms with E-state index in [-0.39, 0.29) is 0 Å². The van der Waals surface area contributed by atoms with Crippen LogP contribution < -0.4 is 5.32 Å². The van der Waals surface area contributed by atoms with Crippen LogP contribution in [0.5, 0.6) is 0 Å². The second kappa shape index (κ2) is 6.37. The maximum absolute atomic E-state index is 3.55. The summed E-state index contributed by atoms with van der Waals surface area (Å²) in [6.45, 7) is 8.38. The third-order valence-corrected chi connectivity index (χ3v) is 4.28. The Morgan fingerprint density at radius 2 is 1.64 bits per heavy atom. The van der Waals surface area contributed by atoms with Crippen LogP contribution in [-0.4, -0.2) is 11.5 Å². The van der Waals surface area contributed by atoms with Crippen molar-refractivity contribution < 1.29 is 0 Å². The van der Waals surface area contributed by atoms with Gasteiger partial charge in [-0.3, -0.25) is 0 Å². The molecule has 1 heterocycles. The molecule has 2 N–H and O–H groups in total. The molecule has 0 fully saturated rings. The third-order valence-electron chi connectivity index (χ3n) is 4.28. The molecule has 2 aromatic carbocycles. The molecule has 2 heteroatoms. The molecular weight excluding hydrogens is 268 g/mol. The molecule has 3 rings (SSSR count). The van der Waals surface area contributed by atoms with Crippen molar-refractivity contribution >= 4 is 10.9 Å². The number of benzene rings is 2. The summed E-state index contributed by atoms with van der Waals surface area (Å²) >= 11 is 0. The van der Waals surface area contributed by atoms with Gasteiger partial charge in [-0.15, -0.1) is 0 Å². The number of aryl methyl sites for hydroxylation is 3. The first-order chi connectivity index (χ1) is 10.6. The van der Waals surface area contributed by atoms with E-state index in [4.69, 9.17) is 0 Å². The molecule has 0 unspecified atom stereocenters. The Labute approximate surface area is 132 Å². The highest BCUT2D eigenvalue weighted by Crippen LogP contribution is 2.23. The second-order valence-corrected chi connectivity index (χ2v) is 6.19. The fourth-order valence-electron chi connectivity index (χ4n) is 2.97. The zero-order chi connectivity index (χ0) is 15.5. The van der Waals surface area contributed by atoms with Crippen LogP contribution in [0, 0.1) is 20.8 Å². The highest BCUT2D eigenvalue weighted by molar-refractivity contribution is 5.85. The van der Waals surface area contributed by atoms with E-state index in [1.54, 1.807) is 0 Å². The van der Waals surface area contributed by atoms with E-state index < -0.39 is 0 Å². The number of hydrogen-bond acceptors (Lipinski definition) is 1. The summed E-state index contributed by atoms with van der Waals surface area (Å²) in [6.07, 6.45) is 1.06. The van der Waals surface area contributed by atoms with Crippen molar-refractivity contribution in [2.24, 2.45) is 0 Å². The number of rotatable bonds is 5. The zero-order valence-corrected chi connectivity index (χ0v) is 13.7. The summed E-state index contributed by atoms with van der Waals surface area (Å²) < 4.78 is 0. The predicted octanol–water partition coefficient (Wildman–Crippen LogP) is 4.43. The minimum Gasteiger partial charge on any atom is -0.358 e. The highest BCUT2D eigenvalue weighted by atomic mass is 14.8. The number of aromatic amines is 1. The molecule has 0 spiro atoms. The maximum atomic E-state index is 3.55. The molecule has 1 aromatic heterocycles. The van der Waals surface area contributed by atoms with Crippen LogP contribution in [0.15, 0.2) is 42.5 Å². The molecular formula is C20H24N2. The minimum absolute atomic E-state index is 0.931. The molecule has 22 heavy (non-hydrogen) atoms. The van der Waals surface area contributed by atoms with Crippen molar-refractivity contribution in [1.29, 1.82) is 0 Å². The van der Waals surface area contributed by atoms with Crippen LogP contribution in [0.25, 0.3) is 10.9 Å². The van der Waals surface area contributed by atoms with Gasteiger partial charge >= 0.3 is 0 Å². The Hall–Kier alpha value is -2.06. The first kappa shape index (κ1) is 14.9. The Morgan fingerprint density at radius 1 is 0.909 bits per heavy atom. The SMILES string of the molecule is Cc1ccc(CNCCc2c(C)[nH]c3ccc(C)cc23)cc1. The summed E-state index contributed by atoms with van der Waals surface area (Å²) in [6, 6.07) is 15.4. The summed E-state index contributed by atoms with van der Waals surface area (Å²) in [5.74, 6) is 0. The molecule has 0 aliphatic carbocycles. The molecule has 0 aliphatic rings. The Morgan fingerprint density at radius 3 is 2.41 bits per heavy atom. The van der Waals surface area contributed by atoms with E-state index in [1.807, 2.05) is 0 Å². The Bertz CT molecular complexity index is 766. The summed E-state index contributed by atoms with van der Waals surface area (Å²) in [5, 5.41) is 4.92. The van der Waals surface area contributed by atoms with Crippen molar-refractivity contribution in [2.75, 3.05) is 6.54 Å². The Kier molecular flexibility index (Phi) is 4.30. The lowest BCUT2D eigenvalue weighted by Crippen LogP contribution is -2.16. The van der Waals surface area contributed by atoms with Gasteiger partial charge in [0, 0.05) is 23.1 Å². The van der Waals surface area contributed by atoms with Gasteiger partial charge in [-0.1, -0.05) is 41.5 Å². The first-order valence-electron chi connectivity index (χ1n) is 7.97. The molecule has 0 aliphatic heterocycles. The van der Waals surface area contributed by atoms with Gasteiger partial charge in [0.25, 0.3) is 0 Å². The third kappa shape index (κ3) is 3.23. The van der Waals surface area contributed by atoms with E-state index in [2.05, 4.69) is 73.5 Å². The van der Waals surface area contributed by atoms with Crippen LogP contribution in [0.4, 0.5) is 0 Å². The maximum Gasteiger partial charge on any atom is 0.0459 e. The number of nitrogens with one attached hydrogen (secondary N) is 2. The fraction of sp³-hybridized carbons (Fsp3) is 0.300. The van der Waals surface area contributed by atoms with Crippen molar-refractivity contribution in [2.45, 2.75) is 33.7 Å². The summed E-state index contributed by atoms with van der Waals surface area (Å²) in [7, 11) is 0. The van der Waals surface area contributed by atoms with Gasteiger partial charge in [-0.2, -0.15) is 0 Å². The van der Waals surface area contributed by atoms with Crippen molar-refractivity contribution in [3.63, 3.8) is 0 Å². The molecule has 0 amide bonds. The van der Waals surface area contributed by atoms with Crippen LogP contribution in [0.3, 0.4) is 0 Å². The Balaban J connectivity index is 1.63. The normalized spacial score (nSPS) is 11.2. The van der Waals surface area contributed by atoms with E-state index in [0.29, 0.717) is 0 Å². The number of hydrogen-bond donors (Lipinski definition) is 2. The van der Waals surface area contributed by atoms with Crippen LogP contribution in [-0.2, 0) is 13.0 Å². The van der Waals surface area contributed by atoms with Crippen molar-refractivity contribution in [3.8, 4) is 0 Å². The van der Waals surface area contributed by atoms with Gasteiger partial charge in [-0.05, 0) is 57.0 Å². The average Bonchev–Trinajstić information content (AvgIpc) is 2.81. The second-order valence-electron chi connectivity index (χ2n) is 6.19. The highest BCUT2D eigenvalue weighted by Gasteiger charge is 2.08. The summed E-state index contributed by atoms with van der Waals surface area (Å²) in [5.41, 5.74) is 7.95. The topological polar surface area (TPSA) is 27.8 Å². The molecule has 3 aromatic rings. The monoisotopic (exact) mass is 292 g/mol. The van der Waals surface area contributed by atoms with E-state index in [1.165, 1.54) is 38.9 Å². The van der Waals surface area contributed by atoms with E-state index >= 15 is 0 Å². The molecule has 0 atom stereocenters. The predicted molar refractivity (Wildman–Crippen MR) is 94.4 cm³/mol. The van der Waals surface area contributed by atoms with Crippen molar-refractivity contribution in [3.05, 3.63) is 70.4 Å². The smallest absolute Gasteiger partial charge is 0.0459 e. The lowest BCUT2D eigenvalue weighted by molar-refractivity contribution is 0.687. The van der Waals surface area contributed by atoms with Crippen LogP contribution in [0.2, 0.25) is 0 Å². The van der Waals surface area contributed by atoms with Gasteiger partial charge in [-0.25, -0.2) is 0 Å². The largest absolute Gasteiger partial charge is 0.358 e. The molecule has 114 valence electrons. The first-order valence-corrected chi connectivity index (χ1v) is 7.97. The summed E-state index contributed by atoms with van der Waals surface area (Å²) in [4.78, 5) is 3.49. The minimum atomic E-state index is 0.931. The van der Waals surface area contributed by atoms with E-state index in [0.717, 1.165) is 19.5 Å². The molecule has 0 saturated carbocycles. The number of aromatic nitrogens is 1. The molecule has 2 nitrogen and oxygen atoms in total. The lowest BCUT2D eigenvalue weighted by atomic mass is 10.1. The standard InChI is InChI=1S/C20H24N2/c1-14-4-7-17(8-5-14)13-21-11-10-18-16(3)22-20-9-6-15(2)12-19(18)20/h4-9,12,21-22H,10-11,13H2,1-3H3. The fourth-order valence-corrected chi connectivity index (χ4v) is 2.97. The average molecular weight is 292 g/mol. The number of H-pyrrole nitrogens is 1. The molecule has 0 bridgehead atoms. The van der Waals surface area contributed by atoms with Gasteiger partial charge in [0.1, 0.15) is 0 Å². The van der Waals surface area contributed by atoms with Crippen LogP contribution >= 0.6 is 0 Å². The quantitative estimate of drug-likeness (QED) is 0.669. The molecule has 0 radical (unpaired) electrons. The lowest BCUT2D eigenvalue weighted by Gasteiger charge is -2.06. The van der Waals surface area contributed by atoms with Gasteiger partial charge in [0.15, 0.2) is 0 Å². The van der Waals surface area contributed by atoms with Crippen molar-refractivity contribution in [1.82, 2.24) is 10.3 Å². The van der Waals surface area contributed by atoms with Gasteiger partial charge in [0.05, 0.1) is 0 Å². The van der Waals surface area contributed by atoms with Crippen LogP contribution in [0.1, 0.15) is 27.9 Å². The number of fused-ring (bicyclic) bond motifs is 1.